The number of benzene rings is 2. The molecule has 6 heteroatoms. The van der Waals surface area contributed by atoms with Crippen LogP contribution in [0.15, 0.2) is 42.5 Å². The molecule has 0 unspecified atom stereocenters. The second-order valence-corrected chi connectivity index (χ2v) is 6.13. The Hall–Kier alpha value is -2.17. The number of rotatable bonds is 6. The van der Waals surface area contributed by atoms with Crippen molar-refractivity contribution in [3.05, 3.63) is 63.6 Å². The van der Waals surface area contributed by atoms with Crippen LogP contribution in [0.5, 0.6) is 11.5 Å². The average molecular weight is 380 g/mol. The molecule has 0 heterocycles. The third-order valence-corrected chi connectivity index (χ3v) is 4.52. The molecule has 0 saturated carbocycles. The summed E-state index contributed by atoms with van der Waals surface area (Å²) in [5.74, 6) is 1.16. The first kappa shape index (κ1) is 19.2. The minimum Gasteiger partial charge on any atom is -0.497 e. The number of nitrogens with zero attached hydrogens (tertiary/aromatic N) is 1. The van der Waals surface area contributed by atoms with Gasteiger partial charge in [-0.1, -0.05) is 35.3 Å². The molecule has 0 aromatic heterocycles. The van der Waals surface area contributed by atoms with Crippen molar-refractivity contribution in [3.63, 3.8) is 0 Å². The summed E-state index contributed by atoms with van der Waals surface area (Å²) in [6.07, 6.45) is 3.19. The van der Waals surface area contributed by atoms with Crippen LogP contribution in [-0.2, 0) is 11.3 Å². The molecule has 25 heavy (non-hydrogen) atoms. The number of hydrogen-bond donors (Lipinski definition) is 0. The maximum absolute atomic E-state index is 12.3. The molecular formula is C19H19Cl2NO3. The Morgan fingerprint density at radius 1 is 1.16 bits per heavy atom. The smallest absolute Gasteiger partial charge is 0.246 e. The zero-order valence-electron chi connectivity index (χ0n) is 14.3. The highest BCUT2D eigenvalue weighted by Crippen LogP contribution is 2.27. The van der Waals surface area contributed by atoms with Gasteiger partial charge in [0.15, 0.2) is 0 Å². The van der Waals surface area contributed by atoms with Crippen LogP contribution in [0.3, 0.4) is 0 Å². The lowest BCUT2D eigenvalue weighted by Gasteiger charge is -2.16. The topological polar surface area (TPSA) is 38.8 Å². The van der Waals surface area contributed by atoms with Crippen LogP contribution in [0.4, 0.5) is 0 Å². The predicted octanol–water partition coefficient (Wildman–Crippen LogP) is 4.68. The minimum absolute atomic E-state index is 0.158. The van der Waals surface area contributed by atoms with E-state index in [2.05, 4.69) is 0 Å². The number of methoxy groups -OCH3 is 2. The van der Waals surface area contributed by atoms with Gasteiger partial charge in [-0.25, -0.2) is 0 Å². The molecule has 0 aliphatic carbocycles. The van der Waals surface area contributed by atoms with Crippen molar-refractivity contribution in [1.29, 1.82) is 0 Å². The Bertz CT molecular complexity index is 790. The van der Waals surface area contributed by atoms with Gasteiger partial charge < -0.3 is 14.4 Å². The molecule has 0 fully saturated rings. The molecule has 0 radical (unpaired) electrons. The lowest BCUT2D eigenvalue weighted by molar-refractivity contribution is -0.125. The summed E-state index contributed by atoms with van der Waals surface area (Å²) in [6.45, 7) is 0.363. The van der Waals surface area contributed by atoms with E-state index in [1.54, 1.807) is 50.4 Å². The third kappa shape index (κ3) is 4.91. The van der Waals surface area contributed by atoms with Crippen molar-refractivity contribution >= 4 is 35.2 Å². The van der Waals surface area contributed by atoms with E-state index in [-0.39, 0.29) is 5.91 Å². The maximum Gasteiger partial charge on any atom is 0.246 e. The Balaban J connectivity index is 2.10. The van der Waals surface area contributed by atoms with Gasteiger partial charge in [-0.15, -0.1) is 0 Å². The van der Waals surface area contributed by atoms with Crippen molar-refractivity contribution in [2.45, 2.75) is 6.54 Å². The van der Waals surface area contributed by atoms with Crippen LogP contribution < -0.4 is 9.47 Å². The molecule has 2 aromatic carbocycles. The molecule has 0 aliphatic rings. The van der Waals surface area contributed by atoms with Crippen molar-refractivity contribution in [2.75, 3.05) is 21.3 Å². The summed E-state index contributed by atoms with van der Waals surface area (Å²) in [7, 11) is 4.86. The van der Waals surface area contributed by atoms with E-state index < -0.39 is 0 Å². The monoisotopic (exact) mass is 379 g/mol. The molecule has 0 spiro atoms. The molecule has 1 amide bonds. The van der Waals surface area contributed by atoms with E-state index in [1.165, 1.54) is 6.08 Å². The molecule has 0 N–H and O–H groups in total. The Labute approximate surface area is 157 Å². The number of likely N-dealkylation sites (N-methyl/N-ethyl adjacent to an activating group) is 1. The van der Waals surface area contributed by atoms with Crippen LogP contribution >= 0.6 is 23.2 Å². The lowest BCUT2D eigenvalue weighted by atomic mass is 10.1. The van der Waals surface area contributed by atoms with Gasteiger partial charge >= 0.3 is 0 Å². The molecular weight excluding hydrogens is 361 g/mol. The fourth-order valence-electron chi connectivity index (χ4n) is 2.25. The van der Waals surface area contributed by atoms with Crippen molar-refractivity contribution in [1.82, 2.24) is 4.90 Å². The van der Waals surface area contributed by atoms with Gasteiger partial charge in [-0.2, -0.15) is 0 Å². The van der Waals surface area contributed by atoms with Crippen LogP contribution in [0.25, 0.3) is 6.08 Å². The standard InChI is InChI=1S/C19H19Cl2NO3/c1-22(12-14-5-4-6-16(20)19(14)21)18(23)10-8-13-7-9-15(24-2)11-17(13)25-3/h4-11H,12H2,1-3H3/b10-8+. The van der Waals surface area contributed by atoms with Gasteiger partial charge in [0.1, 0.15) is 11.5 Å². The van der Waals surface area contributed by atoms with Gasteiger partial charge in [0, 0.05) is 31.3 Å². The first-order valence-electron chi connectivity index (χ1n) is 7.54. The average Bonchev–Trinajstić information content (AvgIpc) is 2.63. The first-order chi connectivity index (χ1) is 12.0. The molecule has 0 aliphatic heterocycles. The largest absolute Gasteiger partial charge is 0.497 e. The Morgan fingerprint density at radius 3 is 2.60 bits per heavy atom. The minimum atomic E-state index is -0.158. The van der Waals surface area contributed by atoms with Gasteiger partial charge in [0.05, 0.1) is 24.3 Å². The summed E-state index contributed by atoms with van der Waals surface area (Å²) in [4.78, 5) is 13.9. The van der Waals surface area contributed by atoms with Crippen molar-refractivity contribution in [2.24, 2.45) is 0 Å². The Morgan fingerprint density at radius 2 is 1.92 bits per heavy atom. The molecule has 132 valence electrons. The van der Waals surface area contributed by atoms with E-state index >= 15 is 0 Å². The molecule has 0 bridgehead atoms. The normalized spacial score (nSPS) is 10.8. The van der Waals surface area contributed by atoms with Gasteiger partial charge in [-0.05, 0) is 29.8 Å². The number of carbonyl (C=O) groups excluding carboxylic acids is 1. The third-order valence-electron chi connectivity index (χ3n) is 3.66. The molecule has 0 atom stereocenters. The fourth-order valence-corrected chi connectivity index (χ4v) is 2.63. The summed E-state index contributed by atoms with van der Waals surface area (Å²) in [5.41, 5.74) is 1.58. The van der Waals surface area contributed by atoms with E-state index in [4.69, 9.17) is 32.7 Å². The lowest BCUT2D eigenvalue weighted by Crippen LogP contribution is -2.24. The summed E-state index contributed by atoms with van der Waals surface area (Å²) < 4.78 is 10.5. The van der Waals surface area contributed by atoms with Crippen molar-refractivity contribution in [3.8, 4) is 11.5 Å². The number of amides is 1. The number of ether oxygens (including phenoxy) is 2. The van der Waals surface area contributed by atoms with E-state index in [9.17, 15) is 4.79 Å². The molecule has 2 aromatic rings. The zero-order chi connectivity index (χ0) is 18.4. The highest BCUT2D eigenvalue weighted by atomic mass is 35.5. The summed E-state index contributed by atoms with van der Waals surface area (Å²) in [5, 5.41) is 0.933. The van der Waals surface area contributed by atoms with E-state index in [0.717, 1.165) is 11.1 Å². The first-order valence-corrected chi connectivity index (χ1v) is 8.30. The van der Waals surface area contributed by atoms with Crippen LogP contribution in [-0.4, -0.2) is 32.1 Å². The molecule has 2 rings (SSSR count). The van der Waals surface area contributed by atoms with Crippen molar-refractivity contribution < 1.29 is 14.3 Å². The van der Waals surface area contributed by atoms with Gasteiger partial charge in [0.25, 0.3) is 0 Å². The highest BCUT2D eigenvalue weighted by Gasteiger charge is 2.11. The number of hydrogen-bond acceptors (Lipinski definition) is 3. The SMILES string of the molecule is COc1ccc(/C=C/C(=O)N(C)Cc2cccc(Cl)c2Cl)c(OC)c1. The van der Waals surface area contributed by atoms with E-state index in [1.807, 2.05) is 18.2 Å². The fraction of sp³-hybridized carbons (Fsp3) is 0.211. The number of carbonyl (C=O) groups is 1. The van der Waals surface area contributed by atoms with E-state index in [0.29, 0.717) is 28.1 Å². The Kier molecular flexibility index (Phi) is 6.73. The van der Waals surface area contributed by atoms with Crippen LogP contribution in [0.2, 0.25) is 10.0 Å². The zero-order valence-corrected chi connectivity index (χ0v) is 15.8. The van der Waals surface area contributed by atoms with Crippen LogP contribution in [0, 0.1) is 0 Å². The predicted molar refractivity (Wildman–Crippen MR) is 102 cm³/mol. The van der Waals surface area contributed by atoms with Gasteiger partial charge in [0.2, 0.25) is 5.91 Å². The second-order valence-electron chi connectivity index (χ2n) is 5.35. The van der Waals surface area contributed by atoms with Crippen LogP contribution in [0.1, 0.15) is 11.1 Å². The quantitative estimate of drug-likeness (QED) is 0.683. The molecule has 4 nitrogen and oxygen atoms in total. The summed E-state index contributed by atoms with van der Waals surface area (Å²) in [6, 6.07) is 10.8. The highest BCUT2D eigenvalue weighted by molar-refractivity contribution is 6.42. The maximum atomic E-state index is 12.3. The molecule has 0 saturated heterocycles. The second kappa shape index (κ2) is 8.79. The summed E-state index contributed by atoms with van der Waals surface area (Å²) >= 11 is 12.2. The van der Waals surface area contributed by atoms with Gasteiger partial charge in [-0.3, -0.25) is 4.79 Å². The number of halogens is 2.